The first kappa shape index (κ1) is 20.0. The Morgan fingerprint density at radius 3 is 2.50 bits per heavy atom. The van der Waals surface area contributed by atoms with E-state index in [2.05, 4.69) is 4.90 Å². The highest BCUT2D eigenvalue weighted by Crippen LogP contribution is 2.33. The first-order valence-electron chi connectivity index (χ1n) is 10.0. The Balaban J connectivity index is 1.92. The van der Waals surface area contributed by atoms with E-state index in [9.17, 15) is 4.79 Å². The number of anilines is 1. The molecule has 1 aliphatic heterocycles. The quantitative estimate of drug-likeness (QED) is 0.513. The summed E-state index contributed by atoms with van der Waals surface area (Å²) in [6, 6.07) is 10.6. The first-order chi connectivity index (χ1) is 12.7. The molecule has 3 nitrogen and oxygen atoms in total. The molecule has 1 saturated heterocycles. The lowest BCUT2D eigenvalue weighted by Crippen LogP contribution is -2.55. The summed E-state index contributed by atoms with van der Waals surface area (Å²) < 4.78 is 0. The van der Waals surface area contributed by atoms with Crippen LogP contribution in [0.25, 0.3) is 0 Å². The van der Waals surface area contributed by atoms with Gasteiger partial charge in [0.15, 0.2) is 0 Å². The third-order valence-electron chi connectivity index (χ3n) is 5.76. The van der Waals surface area contributed by atoms with Crippen LogP contribution in [-0.2, 0) is 4.79 Å². The van der Waals surface area contributed by atoms with E-state index in [0.717, 1.165) is 44.5 Å². The predicted molar refractivity (Wildman–Crippen MR) is 110 cm³/mol. The van der Waals surface area contributed by atoms with E-state index in [1.165, 1.54) is 19.3 Å². The minimum absolute atomic E-state index is 0.131. The standard InChI is InChI=1S/C21H30Cl2N2O/c22-13-12-21(26)25(18-9-3-1-4-10-18)19-11-7-8-17(23)16-20(19)24-14-5-2-6-15-24/h1,3-4,9-10,17,19-20H,2,5-8,11-16H2. The van der Waals surface area contributed by atoms with Gasteiger partial charge in [-0.15, -0.1) is 23.2 Å². The second kappa shape index (κ2) is 9.96. The summed E-state index contributed by atoms with van der Waals surface area (Å²) in [7, 11) is 0. The molecule has 1 saturated carbocycles. The average molecular weight is 397 g/mol. The number of hydrogen-bond donors (Lipinski definition) is 0. The Morgan fingerprint density at radius 2 is 1.81 bits per heavy atom. The van der Waals surface area contributed by atoms with Gasteiger partial charge in [0.1, 0.15) is 0 Å². The summed E-state index contributed by atoms with van der Waals surface area (Å²) in [5, 5.41) is 0.202. The molecule has 26 heavy (non-hydrogen) atoms. The van der Waals surface area contributed by atoms with Crippen molar-refractivity contribution in [2.45, 2.75) is 68.8 Å². The molecule has 1 amide bonds. The number of amides is 1. The molecular weight excluding hydrogens is 367 g/mol. The second-order valence-electron chi connectivity index (χ2n) is 7.53. The van der Waals surface area contributed by atoms with Gasteiger partial charge in [0, 0.05) is 29.4 Å². The van der Waals surface area contributed by atoms with Gasteiger partial charge >= 0.3 is 0 Å². The minimum Gasteiger partial charge on any atom is -0.308 e. The highest BCUT2D eigenvalue weighted by atomic mass is 35.5. The van der Waals surface area contributed by atoms with E-state index >= 15 is 0 Å². The highest BCUT2D eigenvalue weighted by molar-refractivity contribution is 6.20. The number of piperidine rings is 1. The fraction of sp³-hybridized carbons (Fsp3) is 0.667. The normalized spacial score (nSPS) is 27.7. The van der Waals surface area contributed by atoms with Gasteiger partial charge in [0.2, 0.25) is 5.91 Å². The van der Waals surface area contributed by atoms with Crippen LogP contribution in [0.3, 0.4) is 0 Å². The predicted octanol–water partition coefficient (Wildman–Crippen LogP) is 5.05. The Labute approximate surface area is 167 Å². The van der Waals surface area contributed by atoms with Crippen molar-refractivity contribution in [1.29, 1.82) is 0 Å². The van der Waals surface area contributed by atoms with Crippen molar-refractivity contribution in [3.8, 4) is 0 Å². The third-order valence-corrected chi connectivity index (χ3v) is 6.35. The van der Waals surface area contributed by atoms with Gasteiger partial charge in [-0.1, -0.05) is 24.6 Å². The maximum atomic E-state index is 13.1. The molecule has 2 fully saturated rings. The molecule has 1 heterocycles. The number of halogens is 2. The number of likely N-dealkylation sites (tertiary alicyclic amines) is 1. The van der Waals surface area contributed by atoms with Crippen molar-refractivity contribution in [3.05, 3.63) is 30.3 Å². The lowest BCUT2D eigenvalue weighted by Gasteiger charge is -2.43. The summed E-state index contributed by atoms with van der Waals surface area (Å²) in [5.41, 5.74) is 0.989. The van der Waals surface area contributed by atoms with Crippen molar-refractivity contribution in [2.24, 2.45) is 0 Å². The van der Waals surface area contributed by atoms with Gasteiger partial charge in [-0.2, -0.15) is 0 Å². The number of para-hydroxylation sites is 1. The maximum Gasteiger partial charge on any atom is 0.228 e. The Kier molecular flexibility index (Phi) is 7.65. The van der Waals surface area contributed by atoms with E-state index < -0.39 is 0 Å². The fourth-order valence-electron chi connectivity index (χ4n) is 4.53. The minimum atomic E-state index is 0.131. The Hall–Kier alpha value is -0.770. The molecule has 1 aliphatic carbocycles. The topological polar surface area (TPSA) is 23.6 Å². The molecule has 5 heteroatoms. The van der Waals surface area contributed by atoms with Gasteiger partial charge in [-0.05, 0) is 63.7 Å². The molecule has 2 aliphatic rings. The summed E-state index contributed by atoms with van der Waals surface area (Å²) in [4.78, 5) is 17.7. The number of benzene rings is 1. The molecule has 144 valence electrons. The average Bonchev–Trinajstić information content (AvgIpc) is 2.86. The van der Waals surface area contributed by atoms with E-state index in [-0.39, 0.29) is 17.3 Å². The molecule has 3 atom stereocenters. The van der Waals surface area contributed by atoms with Crippen LogP contribution >= 0.6 is 23.2 Å². The summed E-state index contributed by atoms with van der Waals surface area (Å²) in [6.07, 6.45) is 8.26. The first-order valence-corrected chi connectivity index (χ1v) is 11.0. The lowest BCUT2D eigenvalue weighted by atomic mass is 9.95. The maximum absolute atomic E-state index is 13.1. The molecule has 1 aromatic rings. The van der Waals surface area contributed by atoms with Crippen molar-refractivity contribution in [2.75, 3.05) is 23.9 Å². The van der Waals surface area contributed by atoms with Crippen LogP contribution in [0.2, 0.25) is 0 Å². The van der Waals surface area contributed by atoms with Gasteiger partial charge < -0.3 is 4.90 Å². The van der Waals surface area contributed by atoms with Crippen molar-refractivity contribution in [1.82, 2.24) is 4.90 Å². The van der Waals surface area contributed by atoms with E-state index in [1.807, 2.05) is 35.2 Å². The zero-order valence-corrected chi connectivity index (χ0v) is 17.0. The number of rotatable bonds is 5. The van der Waals surface area contributed by atoms with Crippen LogP contribution in [0.15, 0.2) is 30.3 Å². The van der Waals surface area contributed by atoms with E-state index in [0.29, 0.717) is 18.3 Å². The van der Waals surface area contributed by atoms with Crippen LogP contribution in [0.1, 0.15) is 51.4 Å². The fourth-order valence-corrected chi connectivity index (χ4v) is 5.03. The van der Waals surface area contributed by atoms with Gasteiger partial charge in [0.05, 0.1) is 6.04 Å². The molecule has 0 radical (unpaired) electrons. The second-order valence-corrected chi connectivity index (χ2v) is 8.53. The number of nitrogens with zero attached hydrogens (tertiary/aromatic N) is 2. The number of carbonyl (C=O) groups excluding carboxylic acids is 1. The van der Waals surface area contributed by atoms with Crippen molar-refractivity contribution < 1.29 is 4.79 Å². The van der Waals surface area contributed by atoms with Crippen molar-refractivity contribution in [3.63, 3.8) is 0 Å². The van der Waals surface area contributed by atoms with Crippen LogP contribution in [-0.4, -0.2) is 47.2 Å². The van der Waals surface area contributed by atoms with Crippen LogP contribution < -0.4 is 4.90 Å². The third kappa shape index (κ3) is 4.94. The molecule has 3 rings (SSSR count). The number of hydrogen-bond acceptors (Lipinski definition) is 2. The largest absolute Gasteiger partial charge is 0.308 e. The van der Waals surface area contributed by atoms with Gasteiger partial charge in [-0.25, -0.2) is 0 Å². The molecule has 0 spiro atoms. The molecule has 1 aromatic carbocycles. The van der Waals surface area contributed by atoms with Crippen LogP contribution in [0.4, 0.5) is 5.69 Å². The zero-order valence-electron chi connectivity index (χ0n) is 15.5. The number of alkyl halides is 2. The highest BCUT2D eigenvalue weighted by Gasteiger charge is 2.38. The van der Waals surface area contributed by atoms with Crippen LogP contribution in [0.5, 0.6) is 0 Å². The van der Waals surface area contributed by atoms with Gasteiger partial charge in [0.25, 0.3) is 0 Å². The lowest BCUT2D eigenvalue weighted by molar-refractivity contribution is -0.119. The van der Waals surface area contributed by atoms with E-state index in [4.69, 9.17) is 23.2 Å². The van der Waals surface area contributed by atoms with E-state index in [1.54, 1.807) is 0 Å². The Bertz CT molecular complexity index is 562. The molecular formula is C21H30Cl2N2O. The summed E-state index contributed by atoms with van der Waals surface area (Å²) in [5.74, 6) is 0.493. The van der Waals surface area contributed by atoms with Gasteiger partial charge in [-0.3, -0.25) is 9.69 Å². The molecule has 0 N–H and O–H groups in total. The van der Waals surface area contributed by atoms with Crippen molar-refractivity contribution >= 4 is 34.8 Å². The monoisotopic (exact) mass is 396 g/mol. The Morgan fingerprint density at radius 1 is 1.08 bits per heavy atom. The zero-order chi connectivity index (χ0) is 18.4. The summed E-state index contributed by atoms with van der Waals surface area (Å²) >= 11 is 12.6. The molecule has 3 unspecified atom stereocenters. The molecule has 0 bridgehead atoms. The molecule has 0 aromatic heterocycles. The van der Waals surface area contributed by atoms with Crippen LogP contribution in [0, 0.1) is 0 Å². The SMILES string of the molecule is O=C(CCCl)N(c1ccccc1)C1CCCC(Cl)CC1N1CCCCC1. The smallest absolute Gasteiger partial charge is 0.228 e. The summed E-state index contributed by atoms with van der Waals surface area (Å²) in [6.45, 7) is 2.24. The number of carbonyl (C=O) groups is 1.